The van der Waals surface area contributed by atoms with Crippen LogP contribution in [0.15, 0.2) is 48.5 Å². The van der Waals surface area contributed by atoms with Crippen molar-refractivity contribution in [3.63, 3.8) is 0 Å². The topological polar surface area (TPSA) is 38.1 Å². The van der Waals surface area contributed by atoms with Gasteiger partial charge in [-0.25, -0.2) is 0 Å². The smallest absolute Gasteiger partial charge is 0.123 e. The fraction of sp³-hybridized carbons (Fsp3) is 0.278. The molecule has 0 fully saturated rings. The second kappa shape index (κ2) is 5.34. The molecule has 108 valence electrons. The molecule has 0 aliphatic rings. The number of aromatic nitrogens is 2. The molecule has 3 heteroatoms. The van der Waals surface area contributed by atoms with Crippen LogP contribution in [0.1, 0.15) is 42.7 Å². The first kappa shape index (κ1) is 13.8. The second-order valence-electron chi connectivity index (χ2n) is 5.75. The van der Waals surface area contributed by atoms with Gasteiger partial charge < -0.3 is 5.11 Å². The summed E-state index contributed by atoms with van der Waals surface area (Å²) in [6.07, 6.45) is -0.697. The molecule has 0 bridgehead atoms. The normalized spacial score (nSPS) is 13.0. The first-order chi connectivity index (χ1) is 10.1. The second-order valence-corrected chi connectivity index (χ2v) is 5.75. The predicted octanol–water partition coefficient (Wildman–Crippen LogP) is 3.78. The van der Waals surface area contributed by atoms with Crippen LogP contribution < -0.4 is 0 Å². The van der Waals surface area contributed by atoms with Crippen molar-refractivity contribution < 1.29 is 5.11 Å². The van der Waals surface area contributed by atoms with Crippen LogP contribution in [-0.2, 0) is 7.05 Å². The van der Waals surface area contributed by atoms with Gasteiger partial charge in [-0.05, 0) is 23.1 Å². The fourth-order valence-electron chi connectivity index (χ4n) is 2.66. The lowest BCUT2D eigenvalue weighted by Gasteiger charge is -2.11. The zero-order valence-electron chi connectivity index (χ0n) is 12.6. The van der Waals surface area contributed by atoms with Gasteiger partial charge in [-0.2, -0.15) is 5.10 Å². The third-order valence-corrected chi connectivity index (χ3v) is 3.96. The number of aliphatic hydroxyl groups excluding tert-OH is 1. The van der Waals surface area contributed by atoms with Crippen molar-refractivity contribution in [2.75, 3.05) is 0 Å². The monoisotopic (exact) mass is 280 g/mol. The van der Waals surface area contributed by atoms with Crippen molar-refractivity contribution in [3.8, 4) is 0 Å². The minimum atomic E-state index is -0.697. The van der Waals surface area contributed by atoms with Crippen LogP contribution in [-0.4, -0.2) is 14.9 Å². The zero-order valence-corrected chi connectivity index (χ0v) is 12.6. The number of aliphatic hydroxyl groups is 1. The highest BCUT2D eigenvalue weighted by Gasteiger charge is 2.18. The van der Waals surface area contributed by atoms with Gasteiger partial charge in [0, 0.05) is 12.4 Å². The molecule has 1 atom stereocenters. The Kier molecular flexibility index (Phi) is 3.52. The summed E-state index contributed by atoms with van der Waals surface area (Å²) in [5.41, 5.74) is 3.90. The molecule has 0 saturated heterocycles. The van der Waals surface area contributed by atoms with E-state index in [9.17, 15) is 5.11 Å². The molecule has 0 saturated carbocycles. The Morgan fingerprint density at radius 1 is 0.952 bits per heavy atom. The molecule has 3 aromatic rings. The van der Waals surface area contributed by atoms with E-state index in [-0.39, 0.29) is 0 Å². The van der Waals surface area contributed by atoms with E-state index in [4.69, 9.17) is 0 Å². The summed E-state index contributed by atoms with van der Waals surface area (Å²) in [6.45, 7) is 4.33. The Morgan fingerprint density at radius 2 is 1.57 bits per heavy atom. The van der Waals surface area contributed by atoms with Crippen LogP contribution in [0, 0.1) is 0 Å². The van der Waals surface area contributed by atoms with E-state index in [0.29, 0.717) is 11.6 Å². The lowest BCUT2D eigenvalue weighted by molar-refractivity contribution is 0.215. The molecule has 0 spiro atoms. The predicted molar refractivity (Wildman–Crippen MR) is 85.3 cm³/mol. The van der Waals surface area contributed by atoms with Crippen LogP contribution in [0.2, 0.25) is 0 Å². The number of benzene rings is 2. The van der Waals surface area contributed by atoms with Crippen LogP contribution in [0.4, 0.5) is 0 Å². The summed E-state index contributed by atoms with van der Waals surface area (Å²) in [4.78, 5) is 0. The maximum Gasteiger partial charge on any atom is 0.123 e. The standard InChI is InChI=1S/C18H20N2O/c1-12(2)13-8-10-14(11-9-13)18(21)17-15-6-4-5-7-16(15)20(3)19-17/h4-12,18,21H,1-3H3. The quantitative estimate of drug-likeness (QED) is 0.793. The minimum absolute atomic E-state index is 0.492. The lowest BCUT2D eigenvalue weighted by atomic mass is 9.98. The van der Waals surface area contributed by atoms with Crippen LogP contribution >= 0.6 is 0 Å². The number of aryl methyl sites for hydroxylation is 1. The largest absolute Gasteiger partial charge is 0.382 e. The summed E-state index contributed by atoms with van der Waals surface area (Å²) < 4.78 is 1.82. The van der Waals surface area contributed by atoms with Crippen molar-refractivity contribution in [1.29, 1.82) is 0 Å². The van der Waals surface area contributed by atoms with Gasteiger partial charge in [-0.3, -0.25) is 4.68 Å². The molecule has 1 N–H and O–H groups in total. The van der Waals surface area contributed by atoms with Gasteiger partial charge in [-0.1, -0.05) is 56.3 Å². The summed E-state index contributed by atoms with van der Waals surface area (Å²) in [7, 11) is 1.90. The Bertz CT molecular complexity index is 756. The van der Waals surface area contributed by atoms with Crippen molar-refractivity contribution in [2.24, 2.45) is 7.05 Å². The van der Waals surface area contributed by atoms with Gasteiger partial charge in [-0.15, -0.1) is 0 Å². The number of hydrogen-bond donors (Lipinski definition) is 1. The molecule has 0 aliphatic heterocycles. The van der Waals surface area contributed by atoms with Crippen LogP contribution in [0.3, 0.4) is 0 Å². The Morgan fingerprint density at radius 3 is 2.24 bits per heavy atom. The highest BCUT2D eigenvalue weighted by Crippen LogP contribution is 2.28. The first-order valence-corrected chi connectivity index (χ1v) is 7.27. The Hall–Kier alpha value is -2.13. The maximum absolute atomic E-state index is 10.7. The van der Waals surface area contributed by atoms with E-state index in [1.807, 2.05) is 48.1 Å². The summed E-state index contributed by atoms with van der Waals surface area (Å²) in [5.74, 6) is 0.492. The number of hydrogen-bond acceptors (Lipinski definition) is 2. The Labute approximate surface area is 124 Å². The van der Waals surface area contributed by atoms with Crippen molar-refractivity contribution in [1.82, 2.24) is 9.78 Å². The van der Waals surface area contributed by atoms with E-state index in [0.717, 1.165) is 16.5 Å². The van der Waals surface area contributed by atoms with Gasteiger partial charge in [0.2, 0.25) is 0 Å². The molecule has 1 aromatic heterocycles. The van der Waals surface area contributed by atoms with Crippen molar-refractivity contribution >= 4 is 10.9 Å². The molecule has 21 heavy (non-hydrogen) atoms. The van der Waals surface area contributed by atoms with Crippen molar-refractivity contribution in [2.45, 2.75) is 25.9 Å². The van der Waals surface area contributed by atoms with Gasteiger partial charge in [0.25, 0.3) is 0 Å². The molecular formula is C18H20N2O. The van der Waals surface area contributed by atoms with Crippen molar-refractivity contribution in [3.05, 3.63) is 65.4 Å². The number of fused-ring (bicyclic) bond motifs is 1. The molecule has 3 nitrogen and oxygen atoms in total. The molecule has 1 unspecified atom stereocenters. The minimum Gasteiger partial charge on any atom is -0.382 e. The third-order valence-electron chi connectivity index (χ3n) is 3.96. The number of nitrogens with zero attached hydrogens (tertiary/aromatic N) is 2. The highest BCUT2D eigenvalue weighted by molar-refractivity contribution is 5.82. The summed E-state index contributed by atoms with van der Waals surface area (Å²) >= 11 is 0. The van der Waals surface area contributed by atoms with E-state index >= 15 is 0 Å². The number of rotatable bonds is 3. The van der Waals surface area contributed by atoms with E-state index in [1.165, 1.54) is 5.56 Å². The highest BCUT2D eigenvalue weighted by atomic mass is 16.3. The molecule has 0 aliphatic carbocycles. The Balaban J connectivity index is 2.02. The van der Waals surface area contributed by atoms with Gasteiger partial charge in [0.1, 0.15) is 11.8 Å². The van der Waals surface area contributed by atoms with Crippen LogP contribution in [0.25, 0.3) is 10.9 Å². The summed E-state index contributed by atoms with van der Waals surface area (Å²) in [5, 5.41) is 16.1. The number of para-hydroxylation sites is 1. The molecular weight excluding hydrogens is 260 g/mol. The first-order valence-electron chi connectivity index (χ1n) is 7.27. The lowest BCUT2D eigenvalue weighted by Crippen LogP contribution is -2.02. The van der Waals surface area contributed by atoms with Gasteiger partial charge in [0.05, 0.1) is 5.52 Å². The summed E-state index contributed by atoms with van der Waals surface area (Å²) in [6, 6.07) is 16.1. The molecule has 0 amide bonds. The van der Waals surface area contributed by atoms with E-state index < -0.39 is 6.10 Å². The van der Waals surface area contributed by atoms with E-state index in [2.05, 4.69) is 31.1 Å². The van der Waals surface area contributed by atoms with Gasteiger partial charge >= 0.3 is 0 Å². The molecule has 1 heterocycles. The van der Waals surface area contributed by atoms with E-state index in [1.54, 1.807) is 0 Å². The average Bonchev–Trinajstić information content (AvgIpc) is 2.84. The fourth-order valence-corrected chi connectivity index (χ4v) is 2.66. The zero-order chi connectivity index (χ0) is 15.0. The SMILES string of the molecule is CC(C)c1ccc(C(O)c2nn(C)c3ccccc23)cc1. The molecule has 3 rings (SSSR count). The average molecular weight is 280 g/mol. The molecule has 0 radical (unpaired) electrons. The molecule has 2 aromatic carbocycles. The van der Waals surface area contributed by atoms with Gasteiger partial charge in [0.15, 0.2) is 0 Å². The third kappa shape index (κ3) is 2.45. The maximum atomic E-state index is 10.7. The van der Waals surface area contributed by atoms with Crippen LogP contribution in [0.5, 0.6) is 0 Å².